The molecule has 52 valence electrons. The summed E-state index contributed by atoms with van der Waals surface area (Å²) in [6, 6.07) is 0. The van der Waals surface area contributed by atoms with Crippen LogP contribution < -0.4 is 0 Å². The molecule has 0 saturated heterocycles. The Labute approximate surface area is 56.4 Å². The van der Waals surface area contributed by atoms with Crippen LogP contribution in [-0.4, -0.2) is 11.2 Å². The maximum atomic E-state index is 9.14. The number of aliphatic hydroxyl groups excluding tert-OH is 1. The number of allylic oxidation sites excluding steroid dienone is 1. The Bertz CT molecular complexity index is 131. The molecule has 1 rings (SSSR count). The highest BCUT2D eigenvalue weighted by molar-refractivity contribution is 5.06. The lowest BCUT2D eigenvalue weighted by molar-refractivity contribution is 0.207. The van der Waals surface area contributed by atoms with E-state index in [1.807, 2.05) is 6.08 Å². The first-order valence-corrected chi connectivity index (χ1v) is 3.42. The second-order valence-corrected chi connectivity index (χ2v) is 3.25. The largest absolute Gasteiger partial charge is 0.393 e. The molecule has 1 N–H and O–H groups in total. The summed E-state index contributed by atoms with van der Waals surface area (Å²) in [5.74, 6) is 0.451. The van der Waals surface area contributed by atoms with Crippen LogP contribution in [0.2, 0.25) is 0 Å². The third-order valence-corrected chi connectivity index (χ3v) is 2.63. The Morgan fingerprint density at radius 1 is 1.89 bits per heavy atom. The van der Waals surface area contributed by atoms with Gasteiger partial charge in [0.15, 0.2) is 0 Å². The van der Waals surface area contributed by atoms with Crippen LogP contribution in [-0.2, 0) is 0 Å². The Hall–Kier alpha value is -0.300. The third kappa shape index (κ3) is 0.897. The molecule has 1 heteroatoms. The molecular formula is C8H14O. The van der Waals surface area contributed by atoms with Gasteiger partial charge in [0.2, 0.25) is 0 Å². The minimum Gasteiger partial charge on any atom is -0.393 e. The fraction of sp³-hybridized carbons (Fsp3) is 0.750. The topological polar surface area (TPSA) is 20.2 Å². The summed E-state index contributed by atoms with van der Waals surface area (Å²) in [5.41, 5.74) is 0.155. The molecule has 0 spiro atoms. The Kier molecular flexibility index (Phi) is 1.39. The van der Waals surface area contributed by atoms with Crippen LogP contribution in [0.1, 0.15) is 20.3 Å². The van der Waals surface area contributed by atoms with Crippen molar-refractivity contribution in [3.63, 3.8) is 0 Å². The quantitative estimate of drug-likeness (QED) is 0.557. The van der Waals surface area contributed by atoms with E-state index in [0.29, 0.717) is 5.92 Å². The zero-order valence-electron chi connectivity index (χ0n) is 6.09. The van der Waals surface area contributed by atoms with Crippen molar-refractivity contribution in [1.29, 1.82) is 0 Å². The first-order chi connectivity index (χ1) is 4.11. The molecule has 0 bridgehead atoms. The number of rotatable bonds is 2. The SMILES string of the molecule is C=CC(C)C1(C)CC1O. The van der Waals surface area contributed by atoms with Crippen LogP contribution in [0.4, 0.5) is 0 Å². The Balaban J connectivity index is 2.52. The average molecular weight is 126 g/mol. The summed E-state index contributed by atoms with van der Waals surface area (Å²) in [4.78, 5) is 0. The standard InChI is InChI=1S/C8H14O/c1-4-6(2)8(3)5-7(8)9/h4,6-7,9H,1,5H2,2-3H3. The van der Waals surface area contributed by atoms with Crippen LogP contribution in [0.15, 0.2) is 12.7 Å². The Morgan fingerprint density at radius 2 is 2.33 bits per heavy atom. The van der Waals surface area contributed by atoms with Gasteiger partial charge in [0.25, 0.3) is 0 Å². The molecule has 0 aromatic heterocycles. The zero-order chi connectivity index (χ0) is 7.07. The second kappa shape index (κ2) is 1.84. The fourth-order valence-electron chi connectivity index (χ4n) is 1.12. The molecule has 1 nitrogen and oxygen atoms in total. The van der Waals surface area contributed by atoms with Crippen molar-refractivity contribution in [1.82, 2.24) is 0 Å². The number of aliphatic hydroxyl groups is 1. The van der Waals surface area contributed by atoms with Crippen LogP contribution >= 0.6 is 0 Å². The van der Waals surface area contributed by atoms with Gasteiger partial charge in [0.1, 0.15) is 0 Å². The monoisotopic (exact) mass is 126 g/mol. The lowest BCUT2D eigenvalue weighted by Gasteiger charge is -2.13. The second-order valence-electron chi connectivity index (χ2n) is 3.25. The van der Waals surface area contributed by atoms with Crippen molar-refractivity contribution in [3.05, 3.63) is 12.7 Å². The molecule has 1 saturated carbocycles. The van der Waals surface area contributed by atoms with Crippen molar-refractivity contribution >= 4 is 0 Å². The van der Waals surface area contributed by atoms with E-state index >= 15 is 0 Å². The molecule has 1 fully saturated rings. The lowest BCUT2D eigenvalue weighted by atomic mass is 9.93. The van der Waals surface area contributed by atoms with E-state index < -0.39 is 0 Å². The van der Waals surface area contributed by atoms with Crippen LogP contribution in [0, 0.1) is 11.3 Å². The molecule has 0 amide bonds. The summed E-state index contributed by atoms with van der Waals surface area (Å²) in [6.07, 6.45) is 2.78. The van der Waals surface area contributed by atoms with Crippen LogP contribution in [0.3, 0.4) is 0 Å². The summed E-state index contributed by atoms with van der Waals surface area (Å²) in [7, 11) is 0. The van der Waals surface area contributed by atoms with Crippen molar-refractivity contribution in [2.75, 3.05) is 0 Å². The fourth-order valence-corrected chi connectivity index (χ4v) is 1.12. The minimum absolute atomic E-state index is 0.0782. The van der Waals surface area contributed by atoms with Crippen molar-refractivity contribution in [2.24, 2.45) is 11.3 Å². The molecule has 0 aromatic carbocycles. The molecule has 1 aliphatic rings. The van der Waals surface area contributed by atoms with Gasteiger partial charge in [-0.25, -0.2) is 0 Å². The van der Waals surface area contributed by atoms with Crippen molar-refractivity contribution in [3.8, 4) is 0 Å². The average Bonchev–Trinajstić information content (AvgIpc) is 2.41. The van der Waals surface area contributed by atoms with Gasteiger partial charge < -0.3 is 5.11 Å². The first kappa shape index (κ1) is 6.81. The highest BCUT2D eigenvalue weighted by Gasteiger charge is 2.51. The van der Waals surface area contributed by atoms with Crippen LogP contribution in [0.25, 0.3) is 0 Å². The Morgan fingerprint density at radius 3 is 2.44 bits per heavy atom. The normalized spacial score (nSPS) is 44.1. The van der Waals surface area contributed by atoms with E-state index in [1.165, 1.54) is 0 Å². The van der Waals surface area contributed by atoms with Gasteiger partial charge in [-0.15, -0.1) is 6.58 Å². The zero-order valence-corrected chi connectivity index (χ0v) is 6.09. The van der Waals surface area contributed by atoms with Gasteiger partial charge in [0.05, 0.1) is 6.10 Å². The molecule has 3 atom stereocenters. The maximum absolute atomic E-state index is 9.14. The van der Waals surface area contributed by atoms with Gasteiger partial charge in [-0.3, -0.25) is 0 Å². The van der Waals surface area contributed by atoms with Gasteiger partial charge >= 0.3 is 0 Å². The van der Waals surface area contributed by atoms with E-state index in [0.717, 1.165) is 6.42 Å². The van der Waals surface area contributed by atoms with E-state index in [-0.39, 0.29) is 11.5 Å². The highest BCUT2D eigenvalue weighted by atomic mass is 16.3. The summed E-state index contributed by atoms with van der Waals surface area (Å²) in [5, 5.41) is 9.14. The van der Waals surface area contributed by atoms with Gasteiger partial charge in [-0.2, -0.15) is 0 Å². The molecule has 3 unspecified atom stereocenters. The lowest BCUT2D eigenvalue weighted by Crippen LogP contribution is -2.10. The van der Waals surface area contributed by atoms with E-state index in [4.69, 9.17) is 5.11 Å². The summed E-state index contributed by atoms with van der Waals surface area (Å²) < 4.78 is 0. The van der Waals surface area contributed by atoms with Crippen molar-refractivity contribution in [2.45, 2.75) is 26.4 Å². The predicted octanol–water partition coefficient (Wildman–Crippen LogP) is 1.58. The third-order valence-electron chi connectivity index (χ3n) is 2.63. The summed E-state index contributed by atoms with van der Waals surface area (Å²) >= 11 is 0. The molecule has 0 heterocycles. The van der Waals surface area contributed by atoms with E-state index in [2.05, 4.69) is 20.4 Å². The van der Waals surface area contributed by atoms with Gasteiger partial charge in [0, 0.05) is 5.41 Å². The predicted molar refractivity (Wildman–Crippen MR) is 38.1 cm³/mol. The number of hydrogen-bond acceptors (Lipinski definition) is 1. The van der Waals surface area contributed by atoms with Gasteiger partial charge in [-0.1, -0.05) is 19.9 Å². The molecule has 1 aliphatic carbocycles. The van der Waals surface area contributed by atoms with Crippen molar-refractivity contribution < 1.29 is 5.11 Å². The first-order valence-electron chi connectivity index (χ1n) is 3.42. The smallest absolute Gasteiger partial charge is 0.0606 e. The minimum atomic E-state index is -0.0782. The molecule has 0 aliphatic heterocycles. The summed E-state index contributed by atoms with van der Waals surface area (Å²) in [6.45, 7) is 7.89. The maximum Gasteiger partial charge on any atom is 0.0606 e. The van der Waals surface area contributed by atoms with Gasteiger partial charge in [-0.05, 0) is 12.3 Å². The highest BCUT2D eigenvalue weighted by Crippen LogP contribution is 2.51. The van der Waals surface area contributed by atoms with Crippen LogP contribution in [0.5, 0.6) is 0 Å². The van der Waals surface area contributed by atoms with E-state index in [9.17, 15) is 0 Å². The molecule has 9 heavy (non-hydrogen) atoms. The molecule has 0 aromatic rings. The number of hydrogen-bond donors (Lipinski definition) is 1. The molecular weight excluding hydrogens is 112 g/mol. The molecule has 0 radical (unpaired) electrons. The van der Waals surface area contributed by atoms with E-state index in [1.54, 1.807) is 0 Å².